The molecule has 3 aromatic rings. The fourth-order valence-electron chi connectivity index (χ4n) is 2.56. The standard InChI is InChI=1S/C19H19N/c1-15(16-7-3-2-4-8-16)11-13-18-14-12-17-9-5-6-10-19(17)20-18/h2-10,12,14-15H,11,13H2,1H3. The second-order valence-electron chi connectivity index (χ2n) is 5.35. The average molecular weight is 261 g/mol. The highest BCUT2D eigenvalue weighted by molar-refractivity contribution is 5.78. The maximum absolute atomic E-state index is 4.74. The Labute approximate surface area is 120 Å². The maximum atomic E-state index is 4.74. The molecule has 0 radical (unpaired) electrons. The van der Waals surface area contributed by atoms with E-state index in [0.717, 1.165) is 18.4 Å². The van der Waals surface area contributed by atoms with Crippen molar-refractivity contribution in [2.24, 2.45) is 0 Å². The van der Waals surface area contributed by atoms with E-state index in [9.17, 15) is 0 Å². The van der Waals surface area contributed by atoms with E-state index in [-0.39, 0.29) is 0 Å². The number of para-hydroxylation sites is 1. The van der Waals surface area contributed by atoms with E-state index in [4.69, 9.17) is 4.98 Å². The number of aryl methyl sites for hydroxylation is 1. The summed E-state index contributed by atoms with van der Waals surface area (Å²) >= 11 is 0. The minimum atomic E-state index is 0.574. The summed E-state index contributed by atoms with van der Waals surface area (Å²) in [5, 5.41) is 1.22. The van der Waals surface area contributed by atoms with Gasteiger partial charge in [0.05, 0.1) is 5.52 Å². The normalized spacial score (nSPS) is 12.4. The summed E-state index contributed by atoms with van der Waals surface area (Å²) in [6.07, 6.45) is 2.16. The molecule has 1 nitrogen and oxygen atoms in total. The van der Waals surface area contributed by atoms with E-state index < -0.39 is 0 Å². The number of pyridine rings is 1. The van der Waals surface area contributed by atoms with Crippen LogP contribution in [0.25, 0.3) is 10.9 Å². The first-order chi connectivity index (χ1) is 9.83. The SMILES string of the molecule is CC(CCc1ccc2ccccc2n1)c1ccccc1. The Kier molecular flexibility index (Phi) is 3.78. The topological polar surface area (TPSA) is 12.9 Å². The molecule has 100 valence electrons. The van der Waals surface area contributed by atoms with Crippen LogP contribution in [0.2, 0.25) is 0 Å². The van der Waals surface area contributed by atoms with Crippen LogP contribution in [-0.4, -0.2) is 4.98 Å². The molecule has 0 saturated heterocycles. The number of benzene rings is 2. The van der Waals surface area contributed by atoms with Crippen molar-refractivity contribution in [1.29, 1.82) is 0 Å². The zero-order valence-electron chi connectivity index (χ0n) is 11.8. The Hall–Kier alpha value is -2.15. The molecule has 0 aliphatic rings. The quantitative estimate of drug-likeness (QED) is 0.646. The lowest BCUT2D eigenvalue weighted by Gasteiger charge is -2.11. The number of rotatable bonds is 4. The molecule has 0 N–H and O–H groups in total. The van der Waals surface area contributed by atoms with Crippen LogP contribution in [0.3, 0.4) is 0 Å². The van der Waals surface area contributed by atoms with Crippen molar-refractivity contribution in [3.05, 3.63) is 78.0 Å². The molecular formula is C19H19N. The first-order valence-corrected chi connectivity index (χ1v) is 7.22. The molecule has 0 aliphatic carbocycles. The van der Waals surface area contributed by atoms with Crippen molar-refractivity contribution in [3.8, 4) is 0 Å². The van der Waals surface area contributed by atoms with Gasteiger partial charge in [0.25, 0.3) is 0 Å². The van der Waals surface area contributed by atoms with E-state index >= 15 is 0 Å². The molecule has 0 amide bonds. The molecule has 1 heterocycles. The number of hydrogen-bond donors (Lipinski definition) is 0. The van der Waals surface area contributed by atoms with Crippen molar-refractivity contribution < 1.29 is 0 Å². The molecule has 3 rings (SSSR count). The highest BCUT2D eigenvalue weighted by Gasteiger charge is 2.06. The average Bonchev–Trinajstić information content (AvgIpc) is 2.53. The molecule has 1 unspecified atom stereocenters. The molecule has 1 heteroatoms. The Balaban J connectivity index is 1.70. The molecule has 1 atom stereocenters. The summed E-state index contributed by atoms with van der Waals surface area (Å²) in [7, 11) is 0. The summed E-state index contributed by atoms with van der Waals surface area (Å²) in [5.74, 6) is 0.574. The van der Waals surface area contributed by atoms with Crippen molar-refractivity contribution in [3.63, 3.8) is 0 Å². The lowest BCUT2D eigenvalue weighted by molar-refractivity contribution is 0.672. The molecular weight excluding hydrogens is 242 g/mol. The number of fused-ring (bicyclic) bond motifs is 1. The Bertz CT molecular complexity index is 688. The van der Waals surface area contributed by atoms with Gasteiger partial charge in [-0.05, 0) is 36.5 Å². The maximum Gasteiger partial charge on any atom is 0.0705 e. The Morgan fingerprint density at radius 1 is 0.850 bits per heavy atom. The van der Waals surface area contributed by atoms with Gasteiger partial charge in [0.15, 0.2) is 0 Å². The zero-order chi connectivity index (χ0) is 13.8. The lowest BCUT2D eigenvalue weighted by atomic mass is 9.95. The van der Waals surface area contributed by atoms with E-state index in [1.807, 2.05) is 6.07 Å². The predicted octanol–water partition coefficient (Wildman–Crippen LogP) is 4.97. The van der Waals surface area contributed by atoms with Crippen LogP contribution in [0, 0.1) is 0 Å². The van der Waals surface area contributed by atoms with E-state index in [0.29, 0.717) is 5.92 Å². The van der Waals surface area contributed by atoms with Gasteiger partial charge in [-0.3, -0.25) is 4.98 Å². The Morgan fingerprint density at radius 3 is 2.45 bits per heavy atom. The van der Waals surface area contributed by atoms with Gasteiger partial charge in [0, 0.05) is 11.1 Å². The van der Waals surface area contributed by atoms with Crippen molar-refractivity contribution in [2.75, 3.05) is 0 Å². The third-order valence-electron chi connectivity index (χ3n) is 3.86. The van der Waals surface area contributed by atoms with Gasteiger partial charge in [-0.15, -0.1) is 0 Å². The van der Waals surface area contributed by atoms with Crippen LogP contribution in [0.1, 0.15) is 30.5 Å². The summed E-state index contributed by atoms with van der Waals surface area (Å²) in [4.78, 5) is 4.74. The fourth-order valence-corrected chi connectivity index (χ4v) is 2.56. The molecule has 0 saturated carbocycles. The van der Waals surface area contributed by atoms with Gasteiger partial charge in [0.1, 0.15) is 0 Å². The van der Waals surface area contributed by atoms with Crippen LogP contribution >= 0.6 is 0 Å². The molecule has 0 bridgehead atoms. The van der Waals surface area contributed by atoms with E-state index in [2.05, 4.69) is 67.6 Å². The smallest absolute Gasteiger partial charge is 0.0705 e. The number of aromatic nitrogens is 1. The number of hydrogen-bond acceptors (Lipinski definition) is 1. The first-order valence-electron chi connectivity index (χ1n) is 7.22. The van der Waals surface area contributed by atoms with Gasteiger partial charge in [-0.1, -0.05) is 61.5 Å². The van der Waals surface area contributed by atoms with Crippen LogP contribution in [0.5, 0.6) is 0 Å². The van der Waals surface area contributed by atoms with Crippen LogP contribution in [0.4, 0.5) is 0 Å². The predicted molar refractivity (Wildman–Crippen MR) is 84.9 cm³/mol. The minimum Gasteiger partial charge on any atom is -0.253 e. The zero-order valence-corrected chi connectivity index (χ0v) is 11.8. The van der Waals surface area contributed by atoms with Gasteiger partial charge >= 0.3 is 0 Å². The highest BCUT2D eigenvalue weighted by Crippen LogP contribution is 2.21. The van der Waals surface area contributed by atoms with E-state index in [1.165, 1.54) is 16.6 Å². The van der Waals surface area contributed by atoms with Gasteiger partial charge in [-0.2, -0.15) is 0 Å². The van der Waals surface area contributed by atoms with Crippen molar-refractivity contribution in [2.45, 2.75) is 25.7 Å². The number of nitrogens with zero attached hydrogens (tertiary/aromatic N) is 1. The molecule has 2 aromatic carbocycles. The molecule has 0 spiro atoms. The second kappa shape index (κ2) is 5.87. The van der Waals surface area contributed by atoms with Crippen molar-refractivity contribution >= 4 is 10.9 Å². The first kappa shape index (κ1) is 12.9. The molecule has 1 aromatic heterocycles. The summed E-state index contributed by atoms with van der Waals surface area (Å²) in [6, 6.07) is 23.3. The van der Waals surface area contributed by atoms with Gasteiger partial charge in [-0.25, -0.2) is 0 Å². The van der Waals surface area contributed by atoms with Gasteiger partial charge in [0.2, 0.25) is 0 Å². The van der Waals surface area contributed by atoms with Crippen LogP contribution in [-0.2, 0) is 6.42 Å². The second-order valence-corrected chi connectivity index (χ2v) is 5.35. The molecule has 0 fully saturated rings. The molecule has 20 heavy (non-hydrogen) atoms. The Morgan fingerprint density at radius 2 is 1.60 bits per heavy atom. The largest absolute Gasteiger partial charge is 0.253 e. The fraction of sp³-hybridized carbons (Fsp3) is 0.211. The lowest BCUT2D eigenvalue weighted by Crippen LogP contribution is -1.98. The highest BCUT2D eigenvalue weighted by atomic mass is 14.7. The van der Waals surface area contributed by atoms with Crippen LogP contribution < -0.4 is 0 Å². The third kappa shape index (κ3) is 2.88. The summed E-state index contributed by atoms with van der Waals surface area (Å²) < 4.78 is 0. The summed E-state index contributed by atoms with van der Waals surface area (Å²) in [6.45, 7) is 2.29. The van der Waals surface area contributed by atoms with Crippen molar-refractivity contribution in [1.82, 2.24) is 4.98 Å². The minimum absolute atomic E-state index is 0.574. The van der Waals surface area contributed by atoms with Gasteiger partial charge < -0.3 is 0 Å². The summed E-state index contributed by atoms with van der Waals surface area (Å²) in [5.41, 5.74) is 3.69. The third-order valence-corrected chi connectivity index (χ3v) is 3.86. The monoisotopic (exact) mass is 261 g/mol. The molecule has 0 aliphatic heterocycles. The van der Waals surface area contributed by atoms with Crippen LogP contribution in [0.15, 0.2) is 66.7 Å². The van der Waals surface area contributed by atoms with E-state index in [1.54, 1.807) is 0 Å².